The van der Waals surface area contributed by atoms with Crippen LogP contribution in [-0.4, -0.2) is 34.2 Å². The molecule has 0 spiro atoms. The van der Waals surface area contributed by atoms with Crippen molar-refractivity contribution in [2.75, 3.05) is 0 Å². The van der Waals surface area contributed by atoms with Crippen molar-refractivity contribution in [1.82, 2.24) is 5.32 Å². The summed E-state index contributed by atoms with van der Waals surface area (Å²) in [5, 5.41) is 19.7. The molecule has 0 aromatic heterocycles. The Morgan fingerprint density at radius 3 is 1.92 bits per heavy atom. The molecule has 5 heteroatoms. The van der Waals surface area contributed by atoms with Gasteiger partial charge >= 0.3 is 5.97 Å². The van der Waals surface area contributed by atoms with Gasteiger partial charge in [0.15, 0.2) is 0 Å². The van der Waals surface area contributed by atoms with Gasteiger partial charge in [0.25, 0.3) is 0 Å². The van der Waals surface area contributed by atoms with Gasteiger partial charge < -0.3 is 15.5 Å². The summed E-state index contributed by atoms with van der Waals surface area (Å²) >= 11 is 0. The molecule has 0 aliphatic heterocycles. The Bertz CT molecular complexity index is 200. The Morgan fingerprint density at radius 1 is 1.23 bits per heavy atom. The molecule has 5 nitrogen and oxygen atoms in total. The Hall–Kier alpha value is -1.10. The van der Waals surface area contributed by atoms with Crippen molar-refractivity contribution in [3.05, 3.63) is 0 Å². The number of carboxylic acids is 1. The highest BCUT2D eigenvalue weighted by molar-refractivity contribution is 5.85. The molecular weight excluding hydrogens is 174 g/mol. The molecule has 0 saturated heterocycles. The molecule has 0 fully saturated rings. The fourth-order valence-electron chi connectivity index (χ4n) is 0.787. The minimum absolute atomic E-state index is 0.208. The second-order valence-corrected chi connectivity index (χ2v) is 3.24. The number of carboxylic acid groups (broad SMARTS) is 1. The van der Waals surface area contributed by atoms with Crippen LogP contribution < -0.4 is 5.32 Å². The number of aliphatic carboxylic acids is 1. The fraction of sp³-hybridized carbons (Fsp3) is 0.750. The predicted octanol–water partition coefficient (Wildman–Crippen LogP) is -0.407. The zero-order valence-corrected chi connectivity index (χ0v) is 7.94. The molecular formula is C8H15NO4. The molecule has 0 aromatic rings. The molecule has 0 aliphatic rings. The van der Waals surface area contributed by atoms with E-state index in [1.54, 1.807) is 13.8 Å². The molecule has 0 heterocycles. The van der Waals surface area contributed by atoms with Crippen molar-refractivity contribution in [2.45, 2.75) is 32.9 Å². The summed E-state index contributed by atoms with van der Waals surface area (Å²) in [6.07, 6.45) is -1.18. The molecule has 0 saturated carbocycles. The Morgan fingerprint density at radius 2 is 1.69 bits per heavy atom. The number of carbonyl (C=O) groups excluding carboxylic acids is 1. The molecule has 13 heavy (non-hydrogen) atoms. The smallest absolute Gasteiger partial charge is 0.326 e. The summed E-state index contributed by atoms with van der Waals surface area (Å²) in [5.74, 6) is -1.97. The molecule has 0 aliphatic carbocycles. The molecule has 1 amide bonds. The van der Waals surface area contributed by atoms with Gasteiger partial charge in [-0.25, -0.2) is 4.79 Å². The van der Waals surface area contributed by atoms with E-state index in [4.69, 9.17) is 10.2 Å². The third-order valence-corrected chi connectivity index (χ3v) is 1.61. The Balaban J connectivity index is 4.27. The standard InChI is InChI=1S/C8H15NO4/c1-4(2)6(8(12)13)9-7(11)5(3)10/h4-6,10H,1-3H3,(H,9,11)(H,12,13)/t5-,6?/m0/s1. The normalized spacial score (nSPS) is 15.2. The maximum atomic E-state index is 10.9. The van der Waals surface area contributed by atoms with E-state index in [1.807, 2.05) is 0 Å². The van der Waals surface area contributed by atoms with E-state index in [0.717, 1.165) is 0 Å². The number of amides is 1. The summed E-state index contributed by atoms with van der Waals surface area (Å²) < 4.78 is 0. The number of hydrogen-bond acceptors (Lipinski definition) is 3. The molecule has 2 atom stereocenters. The van der Waals surface area contributed by atoms with Crippen LogP contribution in [0.3, 0.4) is 0 Å². The number of aliphatic hydroxyl groups is 1. The highest BCUT2D eigenvalue weighted by Gasteiger charge is 2.24. The van der Waals surface area contributed by atoms with Crippen LogP contribution in [0.4, 0.5) is 0 Å². The maximum Gasteiger partial charge on any atom is 0.326 e. The number of hydrogen-bond donors (Lipinski definition) is 3. The first-order valence-corrected chi connectivity index (χ1v) is 4.07. The highest BCUT2D eigenvalue weighted by Crippen LogP contribution is 2.01. The average Bonchev–Trinajstić information content (AvgIpc) is 1.97. The van der Waals surface area contributed by atoms with E-state index >= 15 is 0 Å². The topological polar surface area (TPSA) is 86.6 Å². The van der Waals surface area contributed by atoms with Gasteiger partial charge in [-0.15, -0.1) is 0 Å². The van der Waals surface area contributed by atoms with Crippen molar-refractivity contribution in [3.63, 3.8) is 0 Å². The van der Waals surface area contributed by atoms with E-state index in [-0.39, 0.29) is 5.92 Å². The molecule has 0 aromatic carbocycles. The number of aliphatic hydroxyl groups excluding tert-OH is 1. The van der Waals surface area contributed by atoms with Gasteiger partial charge in [-0.3, -0.25) is 4.79 Å². The zero-order valence-electron chi connectivity index (χ0n) is 7.94. The molecule has 76 valence electrons. The lowest BCUT2D eigenvalue weighted by Crippen LogP contribution is -2.47. The first-order chi connectivity index (χ1) is 5.86. The summed E-state index contributed by atoms with van der Waals surface area (Å²) in [7, 11) is 0. The number of rotatable bonds is 4. The summed E-state index contributed by atoms with van der Waals surface area (Å²) in [5.41, 5.74) is 0. The van der Waals surface area contributed by atoms with Gasteiger partial charge in [0.2, 0.25) is 5.91 Å². The summed E-state index contributed by atoms with van der Waals surface area (Å²) in [6.45, 7) is 4.65. The largest absolute Gasteiger partial charge is 0.480 e. The minimum atomic E-state index is -1.18. The van der Waals surface area contributed by atoms with Crippen LogP contribution in [0.25, 0.3) is 0 Å². The van der Waals surface area contributed by atoms with Crippen LogP contribution in [-0.2, 0) is 9.59 Å². The lowest BCUT2D eigenvalue weighted by molar-refractivity contribution is -0.144. The molecule has 1 unspecified atom stereocenters. The van der Waals surface area contributed by atoms with E-state index in [0.29, 0.717) is 0 Å². The van der Waals surface area contributed by atoms with E-state index in [1.165, 1.54) is 6.92 Å². The summed E-state index contributed by atoms with van der Waals surface area (Å²) in [6, 6.07) is -0.943. The van der Waals surface area contributed by atoms with Crippen molar-refractivity contribution >= 4 is 11.9 Å². The maximum absolute atomic E-state index is 10.9. The third kappa shape index (κ3) is 3.89. The van der Waals surface area contributed by atoms with Gasteiger partial charge in [-0.05, 0) is 12.8 Å². The second kappa shape index (κ2) is 4.81. The molecule has 0 bridgehead atoms. The van der Waals surface area contributed by atoms with E-state index in [9.17, 15) is 9.59 Å². The van der Waals surface area contributed by atoms with Gasteiger partial charge in [0.05, 0.1) is 0 Å². The van der Waals surface area contributed by atoms with Crippen LogP contribution in [0, 0.1) is 5.92 Å². The third-order valence-electron chi connectivity index (χ3n) is 1.61. The summed E-state index contributed by atoms with van der Waals surface area (Å²) in [4.78, 5) is 21.5. The van der Waals surface area contributed by atoms with E-state index < -0.39 is 24.0 Å². The van der Waals surface area contributed by atoms with Crippen LogP contribution in [0.5, 0.6) is 0 Å². The van der Waals surface area contributed by atoms with Gasteiger partial charge in [0.1, 0.15) is 12.1 Å². The average molecular weight is 189 g/mol. The molecule has 3 N–H and O–H groups in total. The highest BCUT2D eigenvalue weighted by atomic mass is 16.4. The fourth-order valence-corrected chi connectivity index (χ4v) is 0.787. The molecule has 0 radical (unpaired) electrons. The predicted molar refractivity (Wildman–Crippen MR) is 46.1 cm³/mol. The van der Waals surface area contributed by atoms with Gasteiger partial charge in [-0.1, -0.05) is 13.8 Å². The van der Waals surface area contributed by atoms with Gasteiger partial charge in [0, 0.05) is 0 Å². The second-order valence-electron chi connectivity index (χ2n) is 3.24. The van der Waals surface area contributed by atoms with Crippen LogP contribution in [0.15, 0.2) is 0 Å². The van der Waals surface area contributed by atoms with Crippen molar-refractivity contribution in [1.29, 1.82) is 0 Å². The monoisotopic (exact) mass is 189 g/mol. The lowest BCUT2D eigenvalue weighted by Gasteiger charge is -2.18. The first kappa shape index (κ1) is 11.9. The van der Waals surface area contributed by atoms with Crippen LogP contribution in [0.1, 0.15) is 20.8 Å². The molecule has 0 rings (SSSR count). The van der Waals surface area contributed by atoms with Crippen molar-refractivity contribution < 1.29 is 19.8 Å². The van der Waals surface area contributed by atoms with Gasteiger partial charge in [-0.2, -0.15) is 0 Å². The number of nitrogens with one attached hydrogen (secondary N) is 1. The minimum Gasteiger partial charge on any atom is -0.480 e. The van der Waals surface area contributed by atoms with Crippen LogP contribution >= 0.6 is 0 Å². The van der Waals surface area contributed by atoms with Crippen molar-refractivity contribution in [3.8, 4) is 0 Å². The Labute approximate surface area is 76.8 Å². The zero-order chi connectivity index (χ0) is 10.6. The van der Waals surface area contributed by atoms with Crippen LogP contribution in [0.2, 0.25) is 0 Å². The Kier molecular flexibility index (Phi) is 4.40. The SMILES string of the molecule is CC(C)C(NC(=O)[C@H](C)O)C(=O)O. The quantitative estimate of drug-likeness (QED) is 0.561. The first-order valence-electron chi connectivity index (χ1n) is 4.07. The van der Waals surface area contributed by atoms with Crippen molar-refractivity contribution in [2.24, 2.45) is 5.92 Å². The lowest BCUT2D eigenvalue weighted by atomic mass is 10.0. The number of carbonyl (C=O) groups is 2. The van der Waals surface area contributed by atoms with E-state index in [2.05, 4.69) is 5.32 Å².